The maximum Gasteiger partial charge on any atom is 0.171 e. The fourth-order valence-corrected chi connectivity index (χ4v) is 1.08. The molecule has 0 aliphatic rings. The molecule has 0 bridgehead atoms. The zero-order chi connectivity index (χ0) is 13.3. The first-order chi connectivity index (χ1) is 7.90. The highest BCUT2D eigenvalue weighted by Gasteiger charge is 2.07. The second-order valence-electron chi connectivity index (χ2n) is 4.25. The van der Waals surface area contributed by atoms with Crippen molar-refractivity contribution >= 4 is 18.1 Å². The zero-order valence-electron chi connectivity index (χ0n) is 10.2. The van der Waals surface area contributed by atoms with Crippen LogP contribution in [-0.2, 0) is 4.79 Å². The third-order valence-electron chi connectivity index (χ3n) is 1.74. The number of quaternary nitrogens is 1. The van der Waals surface area contributed by atoms with Crippen molar-refractivity contribution in [1.29, 1.82) is 0 Å². The zero-order valence-corrected chi connectivity index (χ0v) is 11.0. The van der Waals surface area contributed by atoms with Gasteiger partial charge < -0.3 is 19.1 Å². The molecule has 1 rings (SSSR count). The fraction of sp³-hybridized carbons (Fsp3) is 0.455. The number of pyridine rings is 1. The van der Waals surface area contributed by atoms with Crippen LogP contribution in [0.15, 0.2) is 18.3 Å². The summed E-state index contributed by atoms with van der Waals surface area (Å²) in [6, 6.07) is 3.64. The van der Waals surface area contributed by atoms with Crippen molar-refractivity contribution in [3.8, 4) is 5.75 Å². The molecule has 0 aromatic carbocycles. The van der Waals surface area contributed by atoms with Gasteiger partial charge in [0.25, 0.3) is 0 Å². The highest BCUT2D eigenvalue weighted by Crippen LogP contribution is 2.19. The molecule has 0 aliphatic heterocycles. The van der Waals surface area contributed by atoms with E-state index in [4.69, 9.17) is 26.2 Å². The molecule has 0 atom stereocenters. The predicted octanol–water partition coefficient (Wildman–Crippen LogP) is 0.186. The summed E-state index contributed by atoms with van der Waals surface area (Å²) in [4.78, 5) is 12.2. The normalized spacial score (nSPS) is 10.1. The van der Waals surface area contributed by atoms with Crippen LogP contribution in [0.1, 0.15) is 0 Å². The Hall–Kier alpha value is -1.33. The van der Waals surface area contributed by atoms with E-state index >= 15 is 0 Å². The maximum atomic E-state index is 8.25. The van der Waals surface area contributed by atoms with Crippen LogP contribution in [0.3, 0.4) is 0 Å². The SMILES string of the molecule is C[N+](C)(C)CCOc1cccnc1Cl.O=C[O-]. The summed E-state index contributed by atoms with van der Waals surface area (Å²) in [6.07, 6.45) is 1.65. The lowest BCUT2D eigenvalue weighted by atomic mass is 10.4. The number of rotatable bonds is 4. The van der Waals surface area contributed by atoms with Gasteiger partial charge in [-0.1, -0.05) is 11.6 Å². The van der Waals surface area contributed by atoms with Crippen LogP contribution in [0.25, 0.3) is 0 Å². The summed E-state index contributed by atoms with van der Waals surface area (Å²) in [5, 5.41) is 8.67. The molecule has 17 heavy (non-hydrogen) atoms. The van der Waals surface area contributed by atoms with E-state index in [0.717, 1.165) is 11.0 Å². The van der Waals surface area contributed by atoms with Gasteiger partial charge in [-0.3, -0.25) is 0 Å². The van der Waals surface area contributed by atoms with Gasteiger partial charge in [-0.05, 0) is 12.1 Å². The number of aromatic nitrogens is 1. The minimum Gasteiger partial charge on any atom is -0.554 e. The van der Waals surface area contributed by atoms with Gasteiger partial charge in [0.15, 0.2) is 10.9 Å². The number of nitrogens with zero attached hydrogens (tertiary/aromatic N) is 2. The van der Waals surface area contributed by atoms with Crippen molar-refractivity contribution in [2.75, 3.05) is 34.3 Å². The average molecular weight is 261 g/mol. The fourth-order valence-electron chi connectivity index (χ4n) is 0.908. The quantitative estimate of drug-likeness (QED) is 0.440. The van der Waals surface area contributed by atoms with Gasteiger partial charge in [-0.2, -0.15) is 0 Å². The molecule has 0 aliphatic carbocycles. The summed E-state index contributed by atoms with van der Waals surface area (Å²) < 4.78 is 6.38. The molecule has 1 aromatic rings. The molecule has 6 heteroatoms. The molecule has 0 unspecified atom stereocenters. The molecule has 0 saturated heterocycles. The summed E-state index contributed by atoms with van der Waals surface area (Å²) in [6.45, 7) is 1.08. The Morgan fingerprint density at radius 1 is 1.53 bits per heavy atom. The number of hydrogen-bond acceptors (Lipinski definition) is 4. The molecule has 0 fully saturated rings. The summed E-state index contributed by atoms with van der Waals surface area (Å²) >= 11 is 5.83. The van der Waals surface area contributed by atoms with Crippen LogP contribution < -0.4 is 9.84 Å². The molecule has 0 saturated carbocycles. The Bertz CT molecular complexity index is 340. The lowest BCUT2D eigenvalue weighted by molar-refractivity contribution is -0.870. The lowest BCUT2D eigenvalue weighted by Crippen LogP contribution is -2.38. The molecule has 5 nitrogen and oxygen atoms in total. The van der Waals surface area contributed by atoms with E-state index in [1.165, 1.54) is 0 Å². The summed E-state index contributed by atoms with van der Waals surface area (Å²) in [5.74, 6) is 0.655. The van der Waals surface area contributed by atoms with Gasteiger partial charge >= 0.3 is 0 Å². The van der Waals surface area contributed by atoms with Crippen LogP contribution >= 0.6 is 11.6 Å². The Morgan fingerprint density at radius 3 is 2.59 bits per heavy atom. The Morgan fingerprint density at radius 2 is 2.12 bits per heavy atom. The van der Waals surface area contributed by atoms with E-state index in [1.807, 2.05) is 12.1 Å². The smallest absolute Gasteiger partial charge is 0.171 e. The van der Waals surface area contributed by atoms with Crippen molar-refractivity contribution in [2.45, 2.75) is 0 Å². The first kappa shape index (κ1) is 15.7. The van der Waals surface area contributed by atoms with Crippen molar-refractivity contribution in [3.63, 3.8) is 0 Å². The van der Waals surface area contributed by atoms with Crippen LogP contribution in [0, 0.1) is 0 Å². The Labute approximate surface area is 106 Å². The highest BCUT2D eigenvalue weighted by atomic mass is 35.5. The number of hydrogen-bond donors (Lipinski definition) is 0. The molecule has 96 valence electrons. The average Bonchev–Trinajstić information content (AvgIpc) is 2.20. The third kappa shape index (κ3) is 8.47. The minimum atomic E-state index is -0.500. The lowest BCUT2D eigenvalue weighted by Gasteiger charge is -2.23. The van der Waals surface area contributed by atoms with Gasteiger partial charge in [-0.25, -0.2) is 4.98 Å². The first-order valence-electron chi connectivity index (χ1n) is 5.00. The van der Waals surface area contributed by atoms with Gasteiger partial charge in [-0.15, -0.1) is 0 Å². The van der Waals surface area contributed by atoms with Crippen molar-refractivity contribution < 1.29 is 19.1 Å². The maximum absolute atomic E-state index is 8.25. The number of likely N-dealkylation sites (N-methyl/N-ethyl adjacent to an activating group) is 1. The van der Waals surface area contributed by atoms with Gasteiger partial charge in [0.05, 0.1) is 21.1 Å². The second-order valence-corrected chi connectivity index (χ2v) is 4.61. The topological polar surface area (TPSA) is 62.2 Å². The first-order valence-corrected chi connectivity index (χ1v) is 5.38. The van der Waals surface area contributed by atoms with Gasteiger partial charge in [0, 0.05) is 12.7 Å². The van der Waals surface area contributed by atoms with Gasteiger partial charge in [0.2, 0.25) is 0 Å². The second kappa shape index (κ2) is 7.86. The van der Waals surface area contributed by atoms with E-state index in [2.05, 4.69) is 26.1 Å². The van der Waals surface area contributed by atoms with E-state index in [9.17, 15) is 0 Å². The Balaban J connectivity index is 0.000000770. The molecule has 1 heterocycles. The predicted molar refractivity (Wildman–Crippen MR) is 63.7 cm³/mol. The van der Waals surface area contributed by atoms with Crippen LogP contribution in [0.4, 0.5) is 0 Å². The summed E-state index contributed by atoms with van der Waals surface area (Å²) in [7, 11) is 6.36. The number of halogens is 1. The monoisotopic (exact) mass is 260 g/mol. The van der Waals surface area contributed by atoms with Crippen molar-refractivity contribution in [2.24, 2.45) is 0 Å². The molecule has 0 N–H and O–H groups in total. The number of carbonyl (C=O) groups is 1. The van der Waals surface area contributed by atoms with Crippen molar-refractivity contribution in [3.05, 3.63) is 23.5 Å². The number of ether oxygens (including phenoxy) is 1. The van der Waals surface area contributed by atoms with E-state index in [1.54, 1.807) is 6.20 Å². The minimum absolute atomic E-state index is 0.425. The molecule has 0 radical (unpaired) electrons. The summed E-state index contributed by atoms with van der Waals surface area (Å²) in [5.41, 5.74) is 0. The third-order valence-corrected chi connectivity index (χ3v) is 2.03. The van der Waals surface area contributed by atoms with Gasteiger partial charge in [0.1, 0.15) is 13.2 Å². The van der Waals surface area contributed by atoms with Crippen LogP contribution in [0.2, 0.25) is 5.15 Å². The standard InChI is InChI=1S/C10H16ClN2O.CH2O2/c1-13(2,3)7-8-14-9-5-4-6-12-10(9)11;2-1-3/h4-6H,7-8H2,1-3H3;1H,(H,2,3)/q+1;/p-1. The van der Waals surface area contributed by atoms with Crippen molar-refractivity contribution in [1.82, 2.24) is 4.98 Å². The largest absolute Gasteiger partial charge is 0.554 e. The van der Waals surface area contributed by atoms with E-state index in [0.29, 0.717) is 17.5 Å². The van der Waals surface area contributed by atoms with Crippen LogP contribution in [0.5, 0.6) is 5.75 Å². The molecule has 0 spiro atoms. The number of carbonyl (C=O) groups excluding carboxylic acids is 1. The van der Waals surface area contributed by atoms with Crippen LogP contribution in [-0.4, -0.2) is 50.2 Å². The number of carboxylic acid groups (broad SMARTS) is 1. The molecular weight excluding hydrogens is 244 g/mol. The molecule has 1 aromatic heterocycles. The highest BCUT2D eigenvalue weighted by molar-refractivity contribution is 6.30. The van der Waals surface area contributed by atoms with E-state index in [-0.39, 0.29) is 0 Å². The Kier molecular flexibility index (Phi) is 7.25. The molecular formula is C11H17ClN2O3. The molecule has 0 amide bonds. The van der Waals surface area contributed by atoms with E-state index < -0.39 is 6.47 Å².